The van der Waals surface area contributed by atoms with E-state index in [1.807, 2.05) is 18.2 Å². The van der Waals surface area contributed by atoms with E-state index in [0.717, 1.165) is 36.6 Å². The van der Waals surface area contributed by atoms with Crippen molar-refractivity contribution in [1.29, 1.82) is 0 Å². The van der Waals surface area contributed by atoms with E-state index >= 15 is 0 Å². The number of hydrogen-bond acceptors (Lipinski definition) is 2. The van der Waals surface area contributed by atoms with E-state index in [4.69, 9.17) is 22.8 Å². The maximum Gasteiger partial charge on any atom is 0.123 e. The third kappa shape index (κ3) is 3.19. The highest BCUT2D eigenvalue weighted by atomic mass is 35.5. The predicted octanol–water partition coefficient (Wildman–Crippen LogP) is 3.04. The molecule has 2 rings (SSSR count). The van der Waals surface area contributed by atoms with Gasteiger partial charge in [0.25, 0.3) is 0 Å². The van der Waals surface area contributed by atoms with Gasteiger partial charge in [0.05, 0.1) is 6.04 Å². The maximum atomic E-state index is 5.96. The number of benzene rings is 1. The van der Waals surface area contributed by atoms with Crippen LogP contribution in [0.5, 0.6) is 5.75 Å². The first-order valence-corrected chi connectivity index (χ1v) is 6.75. The fraction of sp³-hybridized carbons (Fsp3) is 0.467. The fourth-order valence-electron chi connectivity index (χ4n) is 2.21. The second kappa shape index (κ2) is 6.13. The van der Waals surface area contributed by atoms with Crippen molar-refractivity contribution < 1.29 is 4.74 Å². The average molecular weight is 264 g/mol. The first-order chi connectivity index (χ1) is 8.72. The fourth-order valence-corrected chi connectivity index (χ4v) is 2.40. The summed E-state index contributed by atoms with van der Waals surface area (Å²) in [6.45, 7) is 2.91. The first-order valence-electron chi connectivity index (χ1n) is 6.37. The summed E-state index contributed by atoms with van der Waals surface area (Å²) in [6, 6.07) is 5.91. The van der Waals surface area contributed by atoms with E-state index in [9.17, 15) is 0 Å². The minimum absolute atomic E-state index is 0.144. The largest absolute Gasteiger partial charge is 0.488 e. The Hall–Kier alpha value is -1.17. The normalized spacial score (nSPS) is 18.8. The number of terminal acetylenes is 1. The molecule has 1 N–H and O–H groups in total. The minimum atomic E-state index is 0.144. The molecule has 2 nitrogen and oxygen atoms in total. The molecule has 0 aliphatic carbocycles. The molecule has 0 saturated carbocycles. The zero-order chi connectivity index (χ0) is 13.0. The van der Waals surface area contributed by atoms with Crippen LogP contribution in [-0.2, 0) is 6.42 Å². The molecular formula is C15H18ClNO. The van der Waals surface area contributed by atoms with Crippen LogP contribution in [0.1, 0.15) is 25.3 Å². The molecule has 3 heteroatoms. The molecule has 2 unspecified atom stereocenters. The van der Waals surface area contributed by atoms with Crippen LogP contribution >= 0.6 is 11.6 Å². The Morgan fingerprint density at radius 2 is 2.44 bits per heavy atom. The summed E-state index contributed by atoms with van der Waals surface area (Å²) in [5.41, 5.74) is 1.18. The summed E-state index contributed by atoms with van der Waals surface area (Å²) in [5, 5.41) is 4.13. The van der Waals surface area contributed by atoms with E-state index in [1.54, 1.807) is 0 Å². The van der Waals surface area contributed by atoms with Crippen molar-refractivity contribution in [1.82, 2.24) is 5.32 Å². The lowest BCUT2D eigenvalue weighted by atomic mass is 10.1. The lowest BCUT2D eigenvalue weighted by molar-refractivity contribution is 0.224. The minimum Gasteiger partial charge on any atom is -0.488 e. The Bertz CT molecular complexity index is 452. The Morgan fingerprint density at radius 1 is 1.61 bits per heavy atom. The summed E-state index contributed by atoms with van der Waals surface area (Å²) in [6.07, 6.45) is 8.62. The van der Waals surface area contributed by atoms with E-state index in [1.165, 1.54) is 5.56 Å². The van der Waals surface area contributed by atoms with Crippen LogP contribution in [-0.4, -0.2) is 18.7 Å². The summed E-state index contributed by atoms with van der Waals surface area (Å²) in [7, 11) is 0. The van der Waals surface area contributed by atoms with Crippen LogP contribution < -0.4 is 10.1 Å². The van der Waals surface area contributed by atoms with Crippen molar-refractivity contribution in [3.63, 3.8) is 0 Å². The number of halogens is 1. The highest BCUT2D eigenvalue weighted by Gasteiger charge is 2.23. The van der Waals surface area contributed by atoms with Crippen LogP contribution in [0.2, 0.25) is 5.02 Å². The molecule has 1 aromatic rings. The summed E-state index contributed by atoms with van der Waals surface area (Å²) in [4.78, 5) is 0. The summed E-state index contributed by atoms with van der Waals surface area (Å²) < 4.78 is 5.85. The molecule has 0 saturated heterocycles. The van der Waals surface area contributed by atoms with Crippen molar-refractivity contribution in [2.45, 2.75) is 38.3 Å². The molecule has 18 heavy (non-hydrogen) atoms. The van der Waals surface area contributed by atoms with Crippen LogP contribution in [0.4, 0.5) is 0 Å². The molecule has 96 valence electrons. The van der Waals surface area contributed by atoms with Gasteiger partial charge in [-0.1, -0.05) is 30.9 Å². The lowest BCUT2D eigenvalue weighted by Crippen LogP contribution is -2.36. The van der Waals surface area contributed by atoms with Crippen LogP contribution in [0.25, 0.3) is 0 Å². The zero-order valence-electron chi connectivity index (χ0n) is 10.6. The van der Waals surface area contributed by atoms with Gasteiger partial charge < -0.3 is 4.74 Å². The molecular weight excluding hydrogens is 246 g/mol. The molecule has 2 atom stereocenters. The van der Waals surface area contributed by atoms with Gasteiger partial charge in [-0.2, -0.15) is 0 Å². The quantitative estimate of drug-likeness (QED) is 0.825. The molecule has 0 spiro atoms. The topological polar surface area (TPSA) is 21.3 Å². The second-order valence-electron chi connectivity index (χ2n) is 4.61. The van der Waals surface area contributed by atoms with Gasteiger partial charge in [0.1, 0.15) is 11.9 Å². The summed E-state index contributed by atoms with van der Waals surface area (Å²) >= 11 is 5.96. The molecule has 1 aliphatic heterocycles. The van der Waals surface area contributed by atoms with Gasteiger partial charge in [0.2, 0.25) is 0 Å². The molecule has 0 radical (unpaired) electrons. The van der Waals surface area contributed by atoms with Crippen LogP contribution in [0.15, 0.2) is 18.2 Å². The second-order valence-corrected chi connectivity index (χ2v) is 5.05. The SMILES string of the molecule is C#CC(CCC)NCC1Cc2cc(Cl)ccc2O1. The van der Waals surface area contributed by atoms with E-state index in [2.05, 4.69) is 18.2 Å². The van der Waals surface area contributed by atoms with Crippen molar-refractivity contribution in [3.8, 4) is 18.1 Å². The third-order valence-corrected chi connectivity index (χ3v) is 3.37. The smallest absolute Gasteiger partial charge is 0.123 e. The molecule has 1 aliphatic rings. The van der Waals surface area contributed by atoms with E-state index in [0.29, 0.717) is 0 Å². The van der Waals surface area contributed by atoms with Gasteiger partial charge in [-0.25, -0.2) is 0 Å². The van der Waals surface area contributed by atoms with Gasteiger partial charge in [-0.3, -0.25) is 5.32 Å². The van der Waals surface area contributed by atoms with Crippen molar-refractivity contribution in [2.75, 3.05) is 6.54 Å². The van der Waals surface area contributed by atoms with Crippen LogP contribution in [0.3, 0.4) is 0 Å². The standard InChI is InChI=1S/C15H18ClNO/c1-3-5-13(4-2)17-10-14-9-11-8-12(16)6-7-15(11)18-14/h2,6-8,13-14,17H,3,5,9-10H2,1H3. The Morgan fingerprint density at radius 3 is 3.17 bits per heavy atom. The Labute approximate surface area is 114 Å². The molecule has 0 amide bonds. The summed E-state index contributed by atoms with van der Waals surface area (Å²) in [5.74, 6) is 3.71. The van der Waals surface area contributed by atoms with Gasteiger partial charge in [-0.05, 0) is 30.2 Å². The number of rotatable bonds is 5. The van der Waals surface area contributed by atoms with E-state index < -0.39 is 0 Å². The Balaban J connectivity index is 1.86. The Kier molecular flexibility index (Phi) is 4.52. The monoisotopic (exact) mass is 263 g/mol. The number of ether oxygens (including phenoxy) is 1. The molecule has 1 aromatic carbocycles. The third-order valence-electron chi connectivity index (χ3n) is 3.13. The van der Waals surface area contributed by atoms with Crippen LogP contribution in [0, 0.1) is 12.3 Å². The molecule has 0 bridgehead atoms. The predicted molar refractivity (Wildman–Crippen MR) is 75.1 cm³/mol. The van der Waals surface area contributed by atoms with Gasteiger partial charge >= 0.3 is 0 Å². The van der Waals surface area contributed by atoms with Crippen molar-refractivity contribution in [3.05, 3.63) is 28.8 Å². The van der Waals surface area contributed by atoms with Crippen molar-refractivity contribution in [2.24, 2.45) is 0 Å². The maximum absolute atomic E-state index is 5.96. The molecule has 1 heterocycles. The molecule has 0 fully saturated rings. The average Bonchev–Trinajstić information content (AvgIpc) is 2.76. The number of hydrogen-bond donors (Lipinski definition) is 1. The van der Waals surface area contributed by atoms with E-state index in [-0.39, 0.29) is 12.1 Å². The lowest BCUT2D eigenvalue weighted by Gasteiger charge is -2.16. The van der Waals surface area contributed by atoms with Crippen molar-refractivity contribution >= 4 is 11.6 Å². The van der Waals surface area contributed by atoms with Gasteiger partial charge in [0.15, 0.2) is 0 Å². The first kappa shape index (κ1) is 13.3. The highest BCUT2D eigenvalue weighted by molar-refractivity contribution is 6.30. The highest BCUT2D eigenvalue weighted by Crippen LogP contribution is 2.30. The number of fused-ring (bicyclic) bond motifs is 1. The number of nitrogens with one attached hydrogen (secondary N) is 1. The molecule has 0 aromatic heterocycles. The van der Waals surface area contributed by atoms with Gasteiger partial charge in [-0.15, -0.1) is 6.42 Å². The van der Waals surface area contributed by atoms with Gasteiger partial charge in [0, 0.05) is 18.0 Å². The zero-order valence-corrected chi connectivity index (χ0v) is 11.3.